The predicted octanol–water partition coefficient (Wildman–Crippen LogP) is 0.916. The summed E-state index contributed by atoms with van der Waals surface area (Å²) in [5, 5.41) is 11.3. The third kappa shape index (κ3) is 9.61. The molecule has 0 atom stereocenters. The van der Waals surface area contributed by atoms with Gasteiger partial charge in [-0.05, 0) is 39.3 Å². The number of amides is 2. The van der Waals surface area contributed by atoms with Crippen LogP contribution in [0.25, 0.3) is 0 Å². The highest BCUT2D eigenvalue weighted by Gasteiger charge is 2.28. The third-order valence-electron chi connectivity index (χ3n) is 9.20. The number of ether oxygens (including phenoxy) is 1. The van der Waals surface area contributed by atoms with Gasteiger partial charge >= 0.3 is 0 Å². The predicted molar refractivity (Wildman–Crippen MR) is 209 cm³/mol. The molecular formula is C31H41ClN22O3. The lowest BCUT2D eigenvalue weighted by Crippen LogP contribution is -2.43. The van der Waals surface area contributed by atoms with Gasteiger partial charge in [-0.1, -0.05) is 11.6 Å². The van der Waals surface area contributed by atoms with E-state index in [4.69, 9.17) is 59.6 Å². The Balaban J connectivity index is 1.09. The molecule has 3 aromatic rings. The van der Waals surface area contributed by atoms with Gasteiger partial charge in [0.2, 0.25) is 23.7 Å². The number of aliphatic imine (C=N–C) groups is 3. The molecule has 10 N–H and O–H groups in total. The molecule has 0 bridgehead atoms. The van der Waals surface area contributed by atoms with Crippen LogP contribution in [0.5, 0.6) is 0 Å². The highest BCUT2D eigenvalue weighted by Crippen LogP contribution is 2.27. The van der Waals surface area contributed by atoms with Gasteiger partial charge < -0.3 is 36.6 Å². The van der Waals surface area contributed by atoms with Crippen LogP contribution in [0.15, 0.2) is 25.2 Å². The van der Waals surface area contributed by atoms with Gasteiger partial charge in [0, 0.05) is 39.3 Å². The van der Waals surface area contributed by atoms with Gasteiger partial charge in [-0.25, -0.2) is 46.0 Å². The fourth-order valence-electron chi connectivity index (χ4n) is 6.25. The second kappa shape index (κ2) is 17.9. The van der Waals surface area contributed by atoms with Gasteiger partial charge in [0.25, 0.3) is 11.8 Å². The molecule has 0 aromatic carbocycles. The van der Waals surface area contributed by atoms with Crippen molar-refractivity contribution in [3.63, 3.8) is 0 Å². The Morgan fingerprint density at radius 2 is 1.19 bits per heavy atom. The van der Waals surface area contributed by atoms with Crippen LogP contribution in [-0.2, 0) is 4.74 Å². The second-order valence-corrected chi connectivity index (χ2v) is 13.3. The number of carbonyl (C=O) groups is 2. The van der Waals surface area contributed by atoms with Gasteiger partial charge in [0.15, 0.2) is 45.9 Å². The summed E-state index contributed by atoms with van der Waals surface area (Å²) in [6.07, 6.45) is 2.41. The van der Waals surface area contributed by atoms with Crippen LogP contribution in [-0.4, -0.2) is 130 Å². The van der Waals surface area contributed by atoms with E-state index in [9.17, 15) is 9.59 Å². The number of rotatable bonds is 10. The zero-order valence-electron chi connectivity index (χ0n) is 30.9. The number of aromatic nitrogens is 7. The summed E-state index contributed by atoms with van der Waals surface area (Å²) in [6, 6.07) is -0.385. The Morgan fingerprint density at radius 3 is 1.67 bits per heavy atom. The van der Waals surface area contributed by atoms with Crippen molar-refractivity contribution in [1.29, 1.82) is 11.1 Å². The quantitative estimate of drug-likeness (QED) is 0.0850. The molecule has 25 nitrogen and oxygen atoms in total. The molecule has 6 heterocycles. The molecule has 57 heavy (non-hydrogen) atoms. The summed E-state index contributed by atoms with van der Waals surface area (Å²) in [5.41, 5.74) is 32.4. The largest absolute Gasteiger partial charge is 0.382 e. The van der Waals surface area contributed by atoms with E-state index in [0.29, 0.717) is 96.0 Å². The van der Waals surface area contributed by atoms with E-state index >= 15 is 0 Å². The first-order valence-electron chi connectivity index (χ1n) is 17.8. The maximum absolute atomic E-state index is 12.9. The van der Waals surface area contributed by atoms with Crippen molar-refractivity contribution in [1.82, 2.24) is 45.5 Å². The first kappa shape index (κ1) is 40.0. The summed E-state index contributed by atoms with van der Waals surface area (Å²) in [6.45, 7) is 9.54. The van der Waals surface area contributed by atoms with Crippen LogP contribution in [0.1, 0.15) is 52.4 Å². The molecule has 3 fully saturated rings. The van der Waals surface area contributed by atoms with E-state index < -0.39 is 11.8 Å². The first-order chi connectivity index (χ1) is 27.5. The van der Waals surface area contributed by atoms with Gasteiger partial charge in [-0.2, -0.15) is 15.0 Å². The second-order valence-electron chi connectivity index (χ2n) is 13.0. The number of nitrogens with one attached hydrogen (secondary N) is 4. The molecule has 0 aliphatic carbocycles. The molecule has 2 amide bonds. The maximum Gasteiger partial charge on any atom is 0.280 e. The van der Waals surface area contributed by atoms with Gasteiger partial charge in [0.1, 0.15) is 0 Å². The number of hydrogen-bond donors (Lipinski definition) is 7. The summed E-state index contributed by atoms with van der Waals surface area (Å²) >= 11 is 6.02. The van der Waals surface area contributed by atoms with Crippen molar-refractivity contribution in [3.8, 4) is 0 Å². The monoisotopic (exact) mass is 804 g/mol. The van der Waals surface area contributed by atoms with E-state index in [1.807, 2.05) is 0 Å². The van der Waals surface area contributed by atoms with Crippen LogP contribution in [0, 0.1) is 18.0 Å². The molecule has 3 saturated heterocycles. The van der Waals surface area contributed by atoms with Crippen LogP contribution < -0.4 is 42.5 Å². The Bertz CT molecular complexity index is 2090. The Labute approximate surface area is 330 Å². The van der Waals surface area contributed by atoms with Crippen molar-refractivity contribution in [2.75, 3.05) is 72.9 Å². The topological polar surface area (TPSA) is 355 Å². The van der Waals surface area contributed by atoms with Crippen LogP contribution in [0.4, 0.5) is 41.1 Å². The molecule has 3 aromatic heterocycles. The number of carbonyl (C=O) groups excluding carboxylic acids is 2. The van der Waals surface area contributed by atoms with Gasteiger partial charge in [-0.3, -0.25) is 20.2 Å². The zero-order valence-corrected chi connectivity index (χ0v) is 31.6. The number of morpholine rings is 1. The third-order valence-corrected chi connectivity index (χ3v) is 9.45. The Kier molecular flexibility index (Phi) is 12.6. The molecule has 6 rings (SSSR count). The average molecular weight is 805 g/mol. The normalized spacial score (nSPS) is 17.3. The van der Waals surface area contributed by atoms with Crippen molar-refractivity contribution in [3.05, 3.63) is 22.2 Å². The van der Waals surface area contributed by atoms with E-state index in [0.717, 1.165) is 0 Å². The van der Waals surface area contributed by atoms with Crippen molar-refractivity contribution >= 4 is 83.2 Å². The summed E-state index contributed by atoms with van der Waals surface area (Å²) in [4.78, 5) is 75.0. The fourth-order valence-corrected chi connectivity index (χ4v) is 6.44. The SMILES string of the molecule is C=Nc1nc(N=N)c(C(=O)NC(N)=NC2CCN(c3nc(N4CCOCC4)nc(N4CCC(N=C(N)NC(=O)c5nc(C)c(N=N)nc5N)CC4)n3)CC2)nc1Cl. The van der Waals surface area contributed by atoms with Gasteiger partial charge in [0.05, 0.1) is 31.0 Å². The minimum atomic E-state index is -0.777. The van der Waals surface area contributed by atoms with Gasteiger partial charge in [-0.15, -0.1) is 10.2 Å². The van der Waals surface area contributed by atoms with E-state index in [1.54, 1.807) is 6.92 Å². The number of nitrogen functional groups attached to an aromatic ring is 1. The molecule has 300 valence electrons. The maximum atomic E-state index is 12.9. The number of aryl methyl sites for hydroxylation is 1. The molecule has 0 saturated carbocycles. The lowest BCUT2D eigenvalue weighted by Gasteiger charge is -2.34. The van der Waals surface area contributed by atoms with E-state index in [-0.39, 0.29) is 69.5 Å². The number of guanidine groups is 2. The highest BCUT2D eigenvalue weighted by atomic mass is 35.5. The minimum absolute atomic E-state index is 0.0203. The Morgan fingerprint density at radius 1 is 0.719 bits per heavy atom. The fraction of sp³-hybridized carbons (Fsp3) is 0.484. The van der Waals surface area contributed by atoms with E-state index in [1.165, 1.54) is 0 Å². The molecule has 0 spiro atoms. The lowest BCUT2D eigenvalue weighted by molar-refractivity contribution is 0.0963. The number of piperidine rings is 2. The highest BCUT2D eigenvalue weighted by molar-refractivity contribution is 6.31. The molecule has 0 radical (unpaired) electrons. The lowest BCUT2D eigenvalue weighted by atomic mass is 10.1. The molecule has 3 aliphatic heterocycles. The minimum Gasteiger partial charge on any atom is -0.382 e. The summed E-state index contributed by atoms with van der Waals surface area (Å²) in [5.74, 6) is -0.551. The zero-order chi connectivity index (χ0) is 40.6. The number of halogens is 1. The first-order valence-corrected chi connectivity index (χ1v) is 18.1. The van der Waals surface area contributed by atoms with Crippen molar-refractivity contribution < 1.29 is 14.3 Å². The molecule has 0 unspecified atom stereocenters. The number of nitrogens with two attached hydrogens (primary N) is 3. The summed E-state index contributed by atoms with van der Waals surface area (Å²) in [7, 11) is 0. The van der Waals surface area contributed by atoms with E-state index in [2.05, 4.69) is 77.2 Å². The molecular weight excluding hydrogens is 764 g/mol. The number of anilines is 4. The standard InChI is InChI=1S/C31H41ClN22O3/c1-15-22(50-36)43-21(33)18(39-15)25(55)45-27(34)40-16-3-7-52(8-4-16)29-47-30(49-31(48-29)54-11-13-57-14-12-54)53-9-5-17(6-10-53)41-28(35)46-26(56)19-23(51-37)44-24(38-2)20(32)42-19/h16-17,36-37H,2-14H2,1H3,(H2,33,43)(H3,34,40,45,55)(H3,35,41,46,56). The van der Waals surface area contributed by atoms with Crippen molar-refractivity contribution in [2.45, 2.75) is 44.7 Å². The summed E-state index contributed by atoms with van der Waals surface area (Å²) < 4.78 is 5.56. The van der Waals surface area contributed by atoms with Crippen molar-refractivity contribution in [2.24, 2.45) is 36.7 Å². The van der Waals surface area contributed by atoms with Crippen LogP contribution in [0.2, 0.25) is 5.15 Å². The average Bonchev–Trinajstić information content (AvgIpc) is 3.21. The molecule has 3 aliphatic rings. The Hall–Kier alpha value is -6.63. The number of hydrogen-bond acceptors (Lipinski definition) is 21. The van der Waals surface area contributed by atoms with Crippen LogP contribution in [0.3, 0.4) is 0 Å². The smallest absolute Gasteiger partial charge is 0.280 e. The van der Waals surface area contributed by atoms with Crippen LogP contribution >= 0.6 is 11.6 Å². The number of nitrogens with zero attached hydrogens (tertiary/aromatic N) is 15. The molecule has 26 heteroatoms.